The molecule has 0 radical (unpaired) electrons. The highest BCUT2D eigenvalue weighted by Crippen LogP contribution is 2.21. The Morgan fingerprint density at radius 1 is 1.05 bits per heavy atom. The Kier molecular flexibility index (Phi) is 5.21. The number of benzene rings is 2. The molecular formula is C17H19NO2. The number of rotatable bonds is 7. The van der Waals surface area contributed by atoms with E-state index < -0.39 is 0 Å². The van der Waals surface area contributed by atoms with Gasteiger partial charge in [0.1, 0.15) is 12.4 Å². The third kappa shape index (κ3) is 3.62. The van der Waals surface area contributed by atoms with E-state index in [-0.39, 0.29) is 6.61 Å². The van der Waals surface area contributed by atoms with Crippen LogP contribution in [0.25, 0.3) is 0 Å². The Morgan fingerprint density at radius 3 is 2.50 bits per heavy atom. The number of aliphatic hydroxyl groups excluding tert-OH is 1. The molecule has 2 N–H and O–H groups in total. The van der Waals surface area contributed by atoms with Crippen molar-refractivity contribution in [2.75, 3.05) is 11.9 Å². The Morgan fingerprint density at radius 2 is 1.75 bits per heavy atom. The standard InChI is InChI=1S/C17H19NO2/c1-2-11-20-17-10-6-4-7-14(17)12-18-16-9-5-3-8-15(16)13-19/h2-10,18-19H,1,11-13H2. The minimum Gasteiger partial charge on any atom is -0.489 e. The fourth-order valence-electron chi connectivity index (χ4n) is 1.96. The van der Waals surface area contributed by atoms with Gasteiger partial charge >= 0.3 is 0 Å². The van der Waals surface area contributed by atoms with Gasteiger partial charge in [0.15, 0.2) is 0 Å². The summed E-state index contributed by atoms with van der Waals surface area (Å²) in [5.41, 5.74) is 2.90. The molecule has 0 bridgehead atoms. The van der Waals surface area contributed by atoms with Crippen molar-refractivity contribution in [1.82, 2.24) is 0 Å². The van der Waals surface area contributed by atoms with E-state index in [0.717, 1.165) is 22.6 Å². The molecule has 0 aliphatic heterocycles. The first kappa shape index (κ1) is 14.2. The molecule has 104 valence electrons. The number of anilines is 1. The van der Waals surface area contributed by atoms with Crippen molar-refractivity contribution in [3.63, 3.8) is 0 Å². The van der Waals surface area contributed by atoms with Crippen LogP contribution < -0.4 is 10.1 Å². The molecule has 0 amide bonds. The average Bonchev–Trinajstić information content (AvgIpc) is 2.52. The van der Waals surface area contributed by atoms with Gasteiger partial charge in [0.2, 0.25) is 0 Å². The van der Waals surface area contributed by atoms with Crippen LogP contribution in [0.3, 0.4) is 0 Å². The van der Waals surface area contributed by atoms with Crippen molar-refractivity contribution in [1.29, 1.82) is 0 Å². The van der Waals surface area contributed by atoms with Crippen LogP contribution in [0, 0.1) is 0 Å². The maximum Gasteiger partial charge on any atom is 0.124 e. The Labute approximate surface area is 119 Å². The molecule has 0 saturated heterocycles. The first-order valence-corrected chi connectivity index (χ1v) is 6.59. The molecule has 0 fully saturated rings. The van der Waals surface area contributed by atoms with E-state index in [1.165, 1.54) is 0 Å². The molecular weight excluding hydrogens is 250 g/mol. The summed E-state index contributed by atoms with van der Waals surface area (Å²) in [5.74, 6) is 0.848. The van der Waals surface area contributed by atoms with Gasteiger partial charge in [0, 0.05) is 23.4 Å². The van der Waals surface area contributed by atoms with E-state index in [4.69, 9.17) is 4.74 Å². The summed E-state index contributed by atoms with van der Waals surface area (Å²) in [4.78, 5) is 0. The summed E-state index contributed by atoms with van der Waals surface area (Å²) in [7, 11) is 0. The second kappa shape index (κ2) is 7.36. The summed E-state index contributed by atoms with van der Waals surface area (Å²) < 4.78 is 5.62. The molecule has 20 heavy (non-hydrogen) atoms. The smallest absolute Gasteiger partial charge is 0.124 e. The fraction of sp³-hybridized carbons (Fsp3) is 0.176. The van der Waals surface area contributed by atoms with Crippen LogP contribution in [0.15, 0.2) is 61.2 Å². The monoisotopic (exact) mass is 269 g/mol. The highest BCUT2D eigenvalue weighted by molar-refractivity contribution is 5.51. The van der Waals surface area contributed by atoms with Crippen LogP contribution in [-0.2, 0) is 13.2 Å². The molecule has 0 atom stereocenters. The van der Waals surface area contributed by atoms with Crippen LogP contribution in [0.2, 0.25) is 0 Å². The Balaban J connectivity index is 2.08. The molecule has 0 aromatic heterocycles. The predicted octanol–water partition coefficient (Wildman–Crippen LogP) is 3.36. The molecule has 3 heteroatoms. The van der Waals surface area contributed by atoms with Gasteiger partial charge < -0.3 is 15.2 Å². The molecule has 2 aromatic rings. The predicted molar refractivity (Wildman–Crippen MR) is 81.8 cm³/mol. The topological polar surface area (TPSA) is 41.5 Å². The number of hydrogen-bond acceptors (Lipinski definition) is 3. The molecule has 0 aliphatic rings. The van der Waals surface area contributed by atoms with Crippen LogP contribution in [0.1, 0.15) is 11.1 Å². The van der Waals surface area contributed by atoms with Crippen LogP contribution in [-0.4, -0.2) is 11.7 Å². The SMILES string of the molecule is C=CCOc1ccccc1CNc1ccccc1CO. The van der Waals surface area contributed by atoms with E-state index in [1.54, 1.807) is 6.08 Å². The normalized spacial score (nSPS) is 10.1. The minimum absolute atomic E-state index is 0.0256. The van der Waals surface area contributed by atoms with Crippen LogP contribution >= 0.6 is 0 Å². The van der Waals surface area contributed by atoms with Gasteiger partial charge in [-0.2, -0.15) is 0 Å². The molecule has 0 spiro atoms. The third-order valence-corrected chi connectivity index (χ3v) is 2.99. The molecule has 0 unspecified atom stereocenters. The van der Waals surface area contributed by atoms with Gasteiger partial charge in [-0.15, -0.1) is 0 Å². The van der Waals surface area contributed by atoms with E-state index in [0.29, 0.717) is 13.2 Å². The van der Waals surface area contributed by atoms with Gasteiger partial charge in [0.05, 0.1) is 6.61 Å². The quantitative estimate of drug-likeness (QED) is 0.757. The summed E-state index contributed by atoms with van der Waals surface area (Å²) >= 11 is 0. The maximum atomic E-state index is 9.31. The zero-order chi connectivity index (χ0) is 14.2. The lowest BCUT2D eigenvalue weighted by molar-refractivity contribution is 0.282. The van der Waals surface area contributed by atoms with Crippen molar-refractivity contribution in [2.45, 2.75) is 13.2 Å². The maximum absolute atomic E-state index is 9.31. The molecule has 2 aromatic carbocycles. The summed E-state index contributed by atoms with van der Waals surface area (Å²) in [6.45, 7) is 4.81. The lowest BCUT2D eigenvalue weighted by atomic mass is 10.1. The summed E-state index contributed by atoms with van der Waals surface area (Å²) in [5, 5.41) is 12.6. The lowest BCUT2D eigenvalue weighted by Crippen LogP contribution is -2.05. The van der Waals surface area contributed by atoms with Crippen LogP contribution in [0.4, 0.5) is 5.69 Å². The number of aliphatic hydroxyl groups is 1. The largest absolute Gasteiger partial charge is 0.489 e. The Bertz CT molecular complexity index is 566. The number of nitrogens with one attached hydrogen (secondary N) is 1. The first-order valence-electron chi connectivity index (χ1n) is 6.59. The van der Waals surface area contributed by atoms with Gasteiger partial charge in [0.25, 0.3) is 0 Å². The minimum atomic E-state index is 0.0256. The third-order valence-electron chi connectivity index (χ3n) is 2.99. The van der Waals surface area contributed by atoms with E-state index >= 15 is 0 Å². The number of para-hydroxylation sites is 2. The molecule has 0 aliphatic carbocycles. The molecule has 0 saturated carbocycles. The highest BCUT2D eigenvalue weighted by atomic mass is 16.5. The van der Waals surface area contributed by atoms with Gasteiger partial charge in [-0.3, -0.25) is 0 Å². The number of ether oxygens (including phenoxy) is 1. The average molecular weight is 269 g/mol. The second-order valence-electron chi connectivity index (χ2n) is 4.38. The Hall–Kier alpha value is -2.26. The number of hydrogen-bond donors (Lipinski definition) is 2. The summed E-state index contributed by atoms with van der Waals surface area (Å²) in [6.07, 6.45) is 1.73. The van der Waals surface area contributed by atoms with Gasteiger partial charge in [-0.25, -0.2) is 0 Å². The van der Waals surface area contributed by atoms with Crippen LogP contribution in [0.5, 0.6) is 5.75 Å². The van der Waals surface area contributed by atoms with E-state index in [1.807, 2.05) is 48.5 Å². The fourth-order valence-corrected chi connectivity index (χ4v) is 1.96. The van der Waals surface area contributed by atoms with Crippen molar-refractivity contribution >= 4 is 5.69 Å². The zero-order valence-electron chi connectivity index (χ0n) is 11.4. The lowest BCUT2D eigenvalue weighted by Gasteiger charge is -2.13. The van der Waals surface area contributed by atoms with Crippen molar-refractivity contribution in [3.8, 4) is 5.75 Å². The van der Waals surface area contributed by atoms with Gasteiger partial charge in [-0.05, 0) is 12.1 Å². The van der Waals surface area contributed by atoms with Crippen molar-refractivity contribution < 1.29 is 9.84 Å². The molecule has 0 heterocycles. The summed E-state index contributed by atoms with van der Waals surface area (Å²) in [6, 6.07) is 15.6. The first-order chi connectivity index (χ1) is 9.85. The van der Waals surface area contributed by atoms with Crippen molar-refractivity contribution in [3.05, 3.63) is 72.3 Å². The van der Waals surface area contributed by atoms with E-state index in [9.17, 15) is 5.11 Å². The van der Waals surface area contributed by atoms with Crippen molar-refractivity contribution in [2.24, 2.45) is 0 Å². The zero-order valence-corrected chi connectivity index (χ0v) is 11.4. The second-order valence-corrected chi connectivity index (χ2v) is 4.38. The molecule has 2 rings (SSSR count). The van der Waals surface area contributed by atoms with E-state index in [2.05, 4.69) is 11.9 Å². The highest BCUT2D eigenvalue weighted by Gasteiger charge is 2.04. The molecule has 3 nitrogen and oxygen atoms in total. The van der Waals surface area contributed by atoms with Gasteiger partial charge in [-0.1, -0.05) is 49.1 Å².